The van der Waals surface area contributed by atoms with Crippen LogP contribution in [0.15, 0.2) is 40.8 Å². The average molecular weight is 461 g/mol. The highest BCUT2D eigenvalue weighted by molar-refractivity contribution is 5.94. The van der Waals surface area contributed by atoms with E-state index in [1.165, 1.54) is 18.4 Å². The third-order valence-electron chi connectivity index (χ3n) is 6.64. The zero-order valence-electron chi connectivity index (χ0n) is 20.3. The van der Waals surface area contributed by atoms with Crippen molar-refractivity contribution in [2.24, 2.45) is 0 Å². The highest BCUT2D eigenvalue weighted by atomic mass is 16.5. The predicted molar refractivity (Wildman–Crippen MR) is 134 cm³/mol. The van der Waals surface area contributed by atoms with Crippen LogP contribution in [0.25, 0.3) is 33.6 Å². The van der Waals surface area contributed by atoms with Crippen LogP contribution in [-0.2, 0) is 6.42 Å². The Bertz CT molecular complexity index is 1280. The van der Waals surface area contributed by atoms with Crippen molar-refractivity contribution in [2.45, 2.75) is 51.5 Å². The van der Waals surface area contributed by atoms with Crippen molar-refractivity contribution in [1.29, 1.82) is 0 Å². The Balaban J connectivity index is 1.51. The van der Waals surface area contributed by atoms with Crippen molar-refractivity contribution in [3.63, 3.8) is 0 Å². The molecule has 0 radical (unpaired) electrons. The Morgan fingerprint density at radius 1 is 1.00 bits per heavy atom. The Morgan fingerprint density at radius 3 is 2.56 bits per heavy atom. The molecule has 7 heteroatoms. The van der Waals surface area contributed by atoms with E-state index < -0.39 is 0 Å². The second-order valence-corrected chi connectivity index (χ2v) is 9.25. The summed E-state index contributed by atoms with van der Waals surface area (Å²) in [4.78, 5) is 3.62. The predicted octanol–water partition coefficient (Wildman–Crippen LogP) is 5.71. The van der Waals surface area contributed by atoms with E-state index in [0.29, 0.717) is 35.2 Å². The fourth-order valence-electron chi connectivity index (χ4n) is 4.93. The van der Waals surface area contributed by atoms with Gasteiger partial charge in [-0.05, 0) is 67.3 Å². The van der Waals surface area contributed by atoms with Gasteiger partial charge in [0.05, 0.1) is 19.9 Å². The number of nitrogens with zero attached hydrogens (tertiary/aromatic N) is 2. The van der Waals surface area contributed by atoms with Gasteiger partial charge in [0.2, 0.25) is 11.8 Å². The summed E-state index contributed by atoms with van der Waals surface area (Å²) in [5, 5.41) is 13.4. The van der Waals surface area contributed by atoms with E-state index >= 15 is 0 Å². The molecule has 5 rings (SSSR count). The van der Waals surface area contributed by atoms with Crippen LogP contribution in [0.4, 0.5) is 0 Å². The van der Waals surface area contributed by atoms with Gasteiger partial charge < -0.3 is 24.2 Å². The quantitative estimate of drug-likeness (QED) is 0.367. The molecule has 1 aliphatic heterocycles. The van der Waals surface area contributed by atoms with Gasteiger partial charge in [0.1, 0.15) is 0 Å². The number of methoxy groups -OCH3 is 2. The van der Waals surface area contributed by atoms with Crippen LogP contribution >= 0.6 is 0 Å². The van der Waals surface area contributed by atoms with Crippen LogP contribution < -0.4 is 14.8 Å². The normalized spacial score (nSPS) is 16.3. The second kappa shape index (κ2) is 9.50. The van der Waals surface area contributed by atoms with Gasteiger partial charge in [0.15, 0.2) is 11.5 Å². The summed E-state index contributed by atoms with van der Waals surface area (Å²) in [5.74, 6) is 2.99. The monoisotopic (exact) mass is 460 g/mol. The van der Waals surface area contributed by atoms with Crippen LogP contribution in [0.5, 0.6) is 11.5 Å². The van der Waals surface area contributed by atoms with E-state index in [2.05, 4.69) is 52.5 Å². The molecule has 0 saturated carbocycles. The lowest BCUT2D eigenvalue weighted by Gasteiger charge is -2.21. The molecule has 0 bridgehead atoms. The van der Waals surface area contributed by atoms with Crippen LogP contribution in [0.3, 0.4) is 0 Å². The van der Waals surface area contributed by atoms with Gasteiger partial charge in [-0.25, -0.2) is 0 Å². The molecule has 34 heavy (non-hydrogen) atoms. The molecule has 178 valence electrons. The summed E-state index contributed by atoms with van der Waals surface area (Å²) >= 11 is 0. The molecule has 1 saturated heterocycles. The molecule has 1 fully saturated rings. The summed E-state index contributed by atoms with van der Waals surface area (Å²) in [6.07, 6.45) is 4.43. The number of H-pyrrole nitrogens is 1. The topological polar surface area (TPSA) is 85.2 Å². The van der Waals surface area contributed by atoms with E-state index in [-0.39, 0.29) is 0 Å². The van der Waals surface area contributed by atoms with Crippen molar-refractivity contribution >= 4 is 10.9 Å². The maximum atomic E-state index is 6.07. The molecule has 1 aliphatic rings. The first-order chi connectivity index (χ1) is 16.6. The molecular formula is C27H32N4O3. The number of aromatic amines is 1. The molecular weight excluding hydrogens is 428 g/mol. The maximum Gasteiger partial charge on any atom is 0.247 e. The number of rotatable bonds is 7. The van der Waals surface area contributed by atoms with Crippen molar-refractivity contribution in [1.82, 2.24) is 20.5 Å². The molecule has 1 atom stereocenters. The average Bonchev–Trinajstić information content (AvgIpc) is 3.48. The number of fused-ring (bicyclic) bond motifs is 1. The summed E-state index contributed by atoms with van der Waals surface area (Å²) in [7, 11) is 3.31. The first kappa shape index (κ1) is 22.5. The van der Waals surface area contributed by atoms with Gasteiger partial charge in [-0.1, -0.05) is 20.3 Å². The molecule has 3 heterocycles. The van der Waals surface area contributed by atoms with Gasteiger partial charge in [0, 0.05) is 34.5 Å². The van der Waals surface area contributed by atoms with E-state index in [1.807, 2.05) is 18.2 Å². The molecule has 2 aromatic carbocycles. The molecule has 2 N–H and O–H groups in total. The standard InChI is InChI=1S/C27H32N4O3/c1-16(2)25-20-13-18(27-31-30-24(34-27)15-19-7-5-6-12-28-19)8-10-21(20)29-26(25)17-9-11-22(32-3)23(14-17)33-4/h8-11,13-14,16,19,28-29H,5-7,12,15H2,1-4H3. The lowest BCUT2D eigenvalue weighted by Crippen LogP contribution is -2.35. The minimum absolute atomic E-state index is 0.308. The van der Waals surface area contributed by atoms with Crippen molar-refractivity contribution < 1.29 is 13.9 Å². The molecule has 0 amide bonds. The zero-order chi connectivity index (χ0) is 23.7. The minimum atomic E-state index is 0.308. The summed E-state index contributed by atoms with van der Waals surface area (Å²) in [6.45, 7) is 5.49. The smallest absolute Gasteiger partial charge is 0.247 e. The molecule has 1 unspecified atom stereocenters. The van der Waals surface area contributed by atoms with Crippen molar-refractivity contribution in [3.05, 3.63) is 47.9 Å². The van der Waals surface area contributed by atoms with Crippen molar-refractivity contribution in [2.75, 3.05) is 20.8 Å². The molecule has 4 aromatic rings. The molecule has 7 nitrogen and oxygen atoms in total. The Morgan fingerprint density at radius 2 is 1.82 bits per heavy atom. The third-order valence-corrected chi connectivity index (χ3v) is 6.64. The van der Waals surface area contributed by atoms with E-state index in [4.69, 9.17) is 13.9 Å². The SMILES string of the molecule is COc1ccc(-c2[nH]c3ccc(-c4nnc(CC5CCCCN5)o4)cc3c2C(C)C)cc1OC. The van der Waals surface area contributed by atoms with E-state index in [1.54, 1.807) is 14.2 Å². The number of aromatic nitrogens is 3. The number of hydrogen-bond donors (Lipinski definition) is 2. The number of nitrogens with one attached hydrogen (secondary N) is 2. The van der Waals surface area contributed by atoms with Crippen LogP contribution in [0.1, 0.15) is 50.5 Å². The minimum Gasteiger partial charge on any atom is -0.493 e. The molecule has 2 aromatic heterocycles. The van der Waals surface area contributed by atoms with E-state index in [9.17, 15) is 0 Å². The van der Waals surface area contributed by atoms with Crippen LogP contribution in [-0.4, -0.2) is 42.0 Å². The fourth-order valence-corrected chi connectivity index (χ4v) is 4.93. The van der Waals surface area contributed by atoms with E-state index in [0.717, 1.165) is 47.1 Å². The van der Waals surface area contributed by atoms with Crippen LogP contribution in [0, 0.1) is 0 Å². The largest absolute Gasteiger partial charge is 0.493 e. The number of benzene rings is 2. The van der Waals surface area contributed by atoms with Gasteiger partial charge in [-0.2, -0.15) is 0 Å². The summed E-state index contributed by atoms with van der Waals surface area (Å²) in [5.41, 5.74) is 5.39. The van der Waals surface area contributed by atoms with Gasteiger partial charge in [-0.15, -0.1) is 10.2 Å². The van der Waals surface area contributed by atoms with Gasteiger partial charge >= 0.3 is 0 Å². The number of piperidine rings is 1. The first-order valence-electron chi connectivity index (χ1n) is 12.0. The summed E-state index contributed by atoms with van der Waals surface area (Å²) < 4.78 is 17.0. The lowest BCUT2D eigenvalue weighted by atomic mass is 9.95. The number of ether oxygens (including phenoxy) is 2. The molecule has 0 spiro atoms. The summed E-state index contributed by atoms with van der Waals surface area (Å²) in [6, 6.07) is 12.7. The second-order valence-electron chi connectivity index (χ2n) is 9.25. The van der Waals surface area contributed by atoms with Crippen molar-refractivity contribution in [3.8, 4) is 34.2 Å². The lowest BCUT2D eigenvalue weighted by molar-refractivity contribution is 0.355. The zero-order valence-corrected chi connectivity index (χ0v) is 20.3. The first-order valence-corrected chi connectivity index (χ1v) is 12.0. The third kappa shape index (κ3) is 4.28. The number of hydrogen-bond acceptors (Lipinski definition) is 6. The van der Waals surface area contributed by atoms with Crippen LogP contribution in [0.2, 0.25) is 0 Å². The Hall–Kier alpha value is -3.32. The highest BCUT2D eigenvalue weighted by Crippen LogP contribution is 2.40. The fraction of sp³-hybridized carbons (Fsp3) is 0.407. The Labute approximate surface area is 199 Å². The maximum absolute atomic E-state index is 6.07. The highest BCUT2D eigenvalue weighted by Gasteiger charge is 2.20. The Kier molecular flexibility index (Phi) is 6.28. The van der Waals surface area contributed by atoms with Gasteiger partial charge in [0.25, 0.3) is 0 Å². The van der Waals surface area contributed by atoms with Gasteiger partial charge in [-0.3, -0.25) is 0 Å². The molecule has 0 aliphatic carbocycles.